The van der Waals surface area contributed by atoms with Crippen LogP contribution in [0.3, 0.4) is 0 Å². The van der Waals surface area contributed by atoms with Crippen molar-refractivity contribution in [2.75, 3.05) is 10.8 Å². The SMILES string of the molecule is CC(C)[C@@H](C)NC(=O)CN(c1cccc(Cl)c1Cl)S(=O)(=O)c1ccccc1. The van der Waals surface area contributed by atoms with Gasteiger partial charge >= 0.3 is 0 Å². The molecule has 0 radical (unpaired) electrons. The average molecular weight is 429 g/mol. The number of hydrogen-bond donors (Lipinski definition) is 1. The van der Waals surface area contributed by atoms with Gasteiger partial charge in [0.25, 0.3) is 10.0 Å². The Kier molecular flexibility index (Phi) is 7.14. The van der Waals surface area contributed by atoms with Gasteiger partial charge in [-0.05, 0) is 37.1 Å². The maximum atomic E-state index is 13.2. The lowest BCUT2D eigenvalue weighted by Crippen LogP contribution is -2.45. The molecule has 2 rings (SSSR count). The van der Waals surface area contributed by atoms with Crippen molar-refractivity contribution < 1.29 is 13.2 Å². The molecule has 1 atom stereocenters. The number of sulfonamides is 1. The first-order chi connectivity index (χ1) is 12.6. The zero-order valence-corrected chi connectivity index (χ0v) is 17.6. The summed E-state index contributed by atoms with van der Waals surface area (Å²) in [5.74, 6) is -0.213. The lowest BCUT2D eigenvalue weighted by molar-refractivity contribution is -0.120. The number of carbonyl (C=O) groups excluding carboxylic acids is 1. The van der Waals surface area contributed by atoms with Crippen LogP contribution in [0, 0.1) is 5.92 Å². The minimum absolute atomic E-state index is 0.0609. The molecule has 0 aromatic heterocycles. The highest BCUT2D eigenvalue weighted by molar-refractivity contribution is 7.92. The fourth-order valence-electron chi connectivity index (χ4n) is 2.30. The van der Waals surface area contributed by atoms with Crippen molar-refractivity contribution in [3.63, 3.8) is 0 Å². The summed E-state index contributed by atoms with van der Waals surface area (Å²) >= 11 is 12.3. The van der Waals surface area contributed by atoms with E-state index in [1.807, 2.05) is 20.8 Å². The molecule has 146 valence electrons. The van der Waals surface area contributed by atoms with Crippen LogP contribution in [0.4, 0.5) is 5.69 Å². The molecular formula is C19H22Cl2N2O3S. The van der Waals surface area contributed by atoms with Crippen LogP contribution >= 0.6 is 23.2 Å². The molecular weight excluding hydrogens is 407 g/mol. The monoisotopic (exact) mass is 428 g/mol. The Hall–Kier alpha value is -1.76. The second-order valence-corrected chi connectivity index (χ2v) is 9.15. The summed E-state index contributed by atoms with van der Waals surface area (Å²) in [6.45, 7) is 5.40. The normalized spacial score (nSPS) is 12.7. The molecule has 0 fully saturated rings. The molecule has 8 heteroatoms. The topological polar surface area (TPSA) is 66.5 Å². The predicted molar refractivity (Wildman–Crippen MR) is 110 cm³/mol. The highest BCUT2D eigenvalue weighted by atomic mass is 35.5. The first-order valence-electron chi connectivity index (χ1n) is 8.45. The van der Waals surface area contributed by atoms with Crippen LogP contribution in [-0.4, -0.2) is 26.9 Å². The number of carbonyl (C=O) groups is 1. The molecule has 0 aliphatic heterocycles. The molecule has 27 heavy (non-hydrogen) atoms. The van der Waals surface area contributed by atoms with E-state index < -0.39 is 22.5 Å². The lowest BCUT2D eigenvalue weighted by atomic mass is 10.1. The third-order valence-corrected chi connectivity index (χ3v) is 6.79. The van der Waals surface area contributed by atoms with E-state index in [0.29, 0.717) is 0 Å². The summed E-state index contributed by atoms with van der Waals surface area (Å²) in [5.41, 5.74) is 0.153. The molecule has 1 N–H and O–H groups in total. The zero-order chi connectivity index (χ0) is 20.2. The third-order valence-electron chi connectivity index (χ3n) is 4.21. The second-order valence-electron chi connectivity index (χ2n) is 6.50. The van der Waals surface area contributed by atoms with Crippen LogP contribution in [0.5, 0.6) is 0 Å². The molecule has 1 amide bonds. The van der Waals surface area contributed by atoms with Gasteiger partial charge in [0.05, 0.1) is 20.6 Å². The minimum atomic E-state index is -4.02. The Labute approximate surface area is 170 Å². The van der Waals surface area contributed by atoms with Crippen molar-refractivity contribution in [1.29, 1.82) is 0 Å². The fraction of sp³-hybridized carbons (Fsp3) is 0.316. The van der Waals surface area contributed by atoms with E-state index in [2.05, 4.69) is 5.32 Å². The van der Waals surface area contributed by atoms with Crippen LogP contribution in [0.25, 0.3) is 0 Å². The van der Waals surface area contributed by atoms with Gasteiger partial charge in [0.2, 0.25) is 5.91 Å². The first-order valence-corrected chi connectivity index (χ1v) is 10.7. The van der Waals surface area contributed by atoms with Crippen molar-refractivity contribution in [2.45, 2.75) is 31.7 Å². The number of halogens is 2. The van der Waals surface area contributed by atoms with E-state index in [1.165, 1.54) is 18.2 Å². The van der Waals surface area contributed by atoms with Crippen LogP contribution in [0.1, 0.15) is 20.8 Å². The Bertz CT molecular complexity index is 902. The van der Waals surface area contributed by atoms with E-state index in [9.17, 15) is 13.2 Å². The second kappa shape index (κ2) is 8.95. The maximum absolute atomic E-state index is 13.2. The number of rotatable bonds is 7. The lowest BCUT2D eigenvalue weighted by Gasteiger charge is -2.26. The van der Waals surface area contributed by atoms with Gasteiger partial charge in [0.1, 0.15) is 6.54 Å². The van der Waals surface area contributed by atoms with Crippen molar-refractivity contribution in [3.8, 4) is 0 Å². The van der Waals surface area contributed by atoms with Crippen LogP contribution in [0.15, 0.2) is 53.4 Å². The zero-order valence-electron chi connectivity index (χ0n) is 15.3. The first kappa shape index (κ1) is 21.5. The third kappa shape index (κ3) is 5.15. The van der Waals surface area contributed by atoms with Crippen LogP contribution in [-0.2, 0) is 14.8 Å². The molecule has 0 spiro atoms. The number of hydrogen-bond acceptors (Lipinski definition) is 3. The van der Waals surface area contributed by atoms with E-state index in [4.69, 9.17) is 23.2 Å². The number of nitrogens with one attached hydrogen (secondary N) is 1. The van der Waals surface area contributed by atoms with E-state index in [1.54, 1.807) is 30.3 Å². The van der Waals surface area contributed by atoms with Crippen molar-refractivity contribution in [2.24, 2.45) is 5.92 Å². The number of anilines is 1. The van der Waals surface area contributed by atoms with Gasteiger partial charge in [0, 0.05) is 6.04 Å². The van der Waals surface area contributed by atoms with Gasteiger partial charge in [-0.3, -0.25) is 9.10 Å². The Morgan fingerprint density at radius 3 is 2.26 bits per heavy atom. The number of nitrogens with zero attached hydrogens (tertiary/aromatic N) is 1. The molecule has 0 heterocycles. The highest BCUT2D eigenvalue weighted by Crippen LogP contribution is 2.35. The summed E-state index contributed by atoms with van der Waals surface area (Å²) in [4.78, 5) is 12.6. The van der Waals surface area contributed by atoms with Crippen LogP contribution in [0.2, 0.25) is 10.0 Å². The Balaban J connectivity index is 2.47. The summed E-state index contributed by atoms with van der Waals surface area (Å²) in [7, 11) is -4.02. The standard InChI is InChI=1S/C19H22Cl2N2O3S/c1-13(2)14(3)22-18(24)12-23(17-11-7-10-16(20)19(17)21)27(25,26)15-8-5-4-6-9-15/h4-11,13-14H,12H2,1-3H3,(H,22,24)/t14-/m1/s1. The van der Waals surface area contributed by atoms with Gasteiger partial charge in [-0.25, -0.2) is 8.42 Å². The Morgan fingerprint density at radius 2 is 1.67 bits per heavy atom. The summed E-state index contributed by atoms with van der Waals surface area (Å²) in [6, 6.07) is 12.4. The summed E-state index contributed by atoms with van der Waals surface area (Å²) in [6.07, 6.45) is 0. The van der Waals surface area contributed by atoms with Gasteiger partial charge in [-0.15, -0.1) is 0 Å². The van der Waals surface area contributed by atoms with Gasteiger partial charge < -0.3 is 5.32 Å². The fourth-order valence-corrected chi connectivity index (χ4v) is 4.20. The molecule has 5 nitrogen and oxygen atoms in total. The largest absolute Gasteiger partial charge is 0.352 e. The maximum Gasteiger partial charge on any atom is 0.264 e. The molecule has 0 saturated carbocycles. The van der Waals surface area contributed by atoms with E-state index in [-0.39, 0.29) is 32.6 Å². The van der Waals surface area contributed by atoms with Gasteiger partial charge in [-0.2, -0.15) is 0 Å². The molecule has 2 aromatic carbocycles. The minimum Gasteiger partial charge on any atom is -0.352 e. The van der Waals surface area contributed by atoms with Crippen LogP contribution < -0.4 is 9.62 Å². The molecule has 0 unspecified atom stereocenters. The van der Waals surface area contributed by atoms with Gasteiger partial charge in [-0.1, -0.05) is 61.3 Å². The number of amides is 1. The van der Waals surface area contributed by atoms with Crippen molar-refractivity contribution in [1.82, 2.24) is 5.32 Å². The smallest absolute Gasteiger partial charge is 0.264 e. The molecule has 0 aliphatic rings. The number of benzene rings is 2. The van der Waals surface area contributed by atoms with E-state index in [0.717, 1.165) is 4.31 Å². The van der Waals surface area contributed by atoms with Crippen molar-refractivity contribution >= 4 is 44.8 Å². The van der Waals surface area contributed by atoms with Gasteiger partial charge in [0.15, 0.2) is 0 Å². The van der Waals surface area contributed by atoms with E-state index >= 15 is 0 Å². The Morgan fingerprint density at radius 1 is 1.04 bits per heavy atom. The molecule has 0 bridgehead atoms. The molecule has 0 aliphatic carbocycles. The average Bonchev–Trinajstić information content (AvgIpc) is 2.63. The highest BCUT2D eigenvalue weighted by Gasteiger charge is 2.29. The summed E-state index contributed by atoms with van der Waals surface area (Å²) < 4.78 is 27.4. The van der Waals surface area contributed by atoms with Crippen molar-refractivity contribution in [3.05, 3.63) is 58.6 Å². The summed E-state index contributed by atoms with van der Waals surface area (Å²) in [5, 5.41) is 3.10. The quantitative estimate of drug-likeness (QED) is 0.712. The predicted octanol–water partition coefficient (Wildman–Crippen LogP) is 4.35. The molecule has 2 aromatic rings. The molecule has 0 saturated heterocycles.